The number of carbonyl (C=O) groups is 2. The number of aryl methyl sites for hydroxylation is 1. The van der Waals surface area contributed by atoms with Gasteiger partial charge in [-0.2, -0.15) is 0 Å². The van der Waals surface area contributed by atoms with Gasteiger partial charge in [0.1, 0.15) is 0 Å². The standard InChI is InChI=1S/C27H39N3O2/c1-2-17-27(28,29)18-13-9-7-5-3-4-6-8-10-15-21-19-20-14-11-12-16-22(20)24-23(21)25(31)30-26(24)32/h11-12,14,16,19H,2-10,13,15,17-18,28-29H2,1H3,(H,30,31,32). The molecule has 1 heterocycles. The fraction of sp³-hybridized carbons (Fsp3) is 0.556. The Kier molecular flexibility index (Phi) is 8.83. The molecule has 0 atom stereocenters. The van der Waals surface area contributed by atoms with Crippen molar-refractivity contribution < 1.29 is 9.59 Å². The lowest BCUT2D eigenvalue weighted by Crippen LogP contribution is -2.48. The monoisotopic (exact) mass is 437 g/mol. The SMILES string of the molecule is CCCC(N)(N)CCCCCCCCCCCc1cc2ccccc2c2c1C(=O)NC2=O. The molecule has 2 aromatic carbocycles. The van der Waals surface area contributed by atoms with Gasteiger partial charge in [0.25, 0.3) is 11.8 Å². The van der Waals surface area contributed by atoms with Crippen LogP contribution in [0.4, 0.5) is 0 Å². The maximum atomic E-state index is 12.4. The summed E-state index contributed by atoms with van der Waals surface area (Å²) >= 11 is 0. The molecule has 1 aliphatic heterocycles. The van der Waals surface area contributed by atoms with E-state index in [1.807, 2.05) is 24.3 Å². The maximum absolute atomic E-state index is 12.4. The Morgan fingerprint density at radius 2 is 1.38 bits per heavy atom. The van der Waals surface area contributed by atoms with Crippen LogP contribution in [0.3, 0.4) is 0 Å². The second-order valence-corrected chi connectivity index (χ2v) is 9.46. The summed E-state index contributed by atoms with van der Waals surface area (Å²) < 4.78 is 0. The first-order chi connectivity index (χ1) is 15.4. The summed E-state index contributed by atoms with van der Waals surface area (Å²) in [6.07, 6.45) is 14.5. The molecule has 0 aromatic heterocycles. The molecular formula is C27H39N3O2. The number of fused-ring (bicyclic) bond motifs is 3. The van der Waals surface area contributed by atoms with E-state index in [0.717, 1.165) is 61.3 Å². The number of imide groups is 1. The summed E-state index contributed by atoms with van der Waals surface area (Å²) in [6, 6.07) is 9.91. The van der Waals surface area contributed by atoms with Crippen LogP contribution in [0, 0.1) is 0 Å². The van der Waals surface area contributed by atoms with Crippen LogP contribution in [0.25, 0.3) is 10.8 Å². The largest absolute Gasteiger partial charge is 0.313 e. The molecule has 0 radical (unpaired) electrons. The summed E-state index contributed by atoms with van der Waals surface area (Å²) in [4.78, 5) is 24.7. The number of benzene rings is 2. The molecule has 5 heteroatoms. The minimum atomic E-state index is -0.478. The van der Waals surface area contributed by atoms with Crippen LogP contribution in [0.5, 0.6) is 0 Å². The van der Waals surface area contributed by atoms with Gasteiger partial charge < -0.3 is 11.5 Å². The number of carbonyl (C=O) groups excluding carboxylic acids is 2. The van der Waals surface area contributed by atoms with Gasteiger partial charge in [-0.05, 0) is 42.0 Å². The van der Waals surface area contributed by atoms with Crippen molar-refractivity contribution in [2.75, 3.05) is 0 Å². The number of amides is 2. The predicted molar refractivity (Wildman–Crippen MR) is 132 cm³/mol. The average molecular weight is 438 g/mol. The van der Waals surface area contributed by atoms with Gasteiger partial charge in [-0.25, -0.2) is 0 Å². The molecule has 0 fully saturated rings. The quantitative estimate of drug-likeness (QED) is 0.204. The van der Waals surface area contributed by atoms with Gasteiger partial charge in [0, 0.05) is 0 Å². The van der Waals surface area contributed by atoms with Crippen LogP contribution >= 0.6 is 0 Å². The van der Waals surface area contributed by atoms with E-state index in [4.69, 9.17) is 11.5 Å². The maximum Gasteiger partial charge on any atom is 0.259 e. The molecule has 0 unspecified atom stereocenters. The van der Waals surface area contributed by atoms with Crippen LogP contribution in [-0.4, -0.2) is 17.5 Å². The number of nitrogens with one attached hydrogen (secondary N) is 1. The molecule has 3 rings (SSSR count). The van der Waals surface area contributed by atoms with Crippen molar-refractivity contribution in [1.82, 2.24) is 5.32 Å². The number of nitrogens with two attached hydrogens (primary N) is 2. The van der Waals surface area contributed by atoms with Crippen LogP contribution in [-0.2, 0) is 6.42 Å². The third-order valence-corrected chi connectivity index (χ3v) is 6.62. The summed E-state index contributed by atoms with van der Waals surface area (Å²) in [5, 5.41) is 4.37. The molecule has 2 aromatic rings. The van der Waals surface area contributed by atoms with Crippen molar-refractivity contribution in [2.45, 2.75) is 96.1 Å². The average Bonchev–Trinajstić information content (AvgIpc) is 3.06. The Bertz CT molecular complexity index is 936. The Hall–Kier alpha value is -2.24. The Morgan fingerprint density at radius 3 is 2.06 bits per heavy atom. The first-order valence-electron chi connectivity index (χ1n) is 12.4. The number of hydrogen-bond donors (Lipinski definition) is 3. The first-order valence-corrected chi connectivity index (χ1v) is 12.4. The molecule has 174 valence electrons. The summed E-state index contributed by atoms with van der Waals surface area (Å²) in [6.45, 7) is 2.13. The third-order valence-electron chi connectivity index (χ3n) is 6.62. The normalized spacial score (nSPS) is 13.6. The van der Waals surface area contributed by atoms with E-state index in [1.54, 1.807) is 0 Å². The Labute approximate surface area is 192 Å². The van der Waals surface area contributed by atoms with Crippen molar-refractivity contribution in [3.05, 3.63) is 47.0 Å². The molecule has 0 spiro atoms. The van der Waals surface area contributed by atoms with Crippen LogP contribution < -0.4 is 16.8 Å². The summed E-state index contributed by atoms with van der Waals surface area (Å²) in [7, 11) is 0. The molecule has 0 aliphatic carbocycles. The zero-order valence-corrected chi connectivity index (χ0v) is 19.6. The van der Waals surface area contributed by atoms with Gasteiger partial charge in [0.2, 0.25) is 0 Å². The lowest BCUT2D eigenvalue weighted by atomic mass is 9.92. The highest BCUT2D eigenvalue weighted by Gasteiger charge is 2.31. The number of unbranched alkanes of at least 4 members (excludes halogenated alkanes) is 8. The van der Waals surface area contributed by atoms with E-state index in [0.29, 0.717) is 11.1 Å². The summed E-state index contributed by atoms with van der Waals surface area (Å²) in [5.74, 6) is -0.515. The van der Waals surface area contributed by atoms with Crippen LogP contribution in [0.15, 0.2) is 30.3 Å². The number of rotatable bonds is 14. The van der Waals surface area contributed by atoms with Gasteiger partial charge in [0.05, 0.1) is 16.8 Å². The Balaban J connectivity index is 1.35. The zero-order valence-electron chi connectivity index (χ0n) is 19.6. The van der Waals surface area contributed by atoms with Crippen molar-refractivity contribution in [3.8, 4) is 0 Å². The van der Waals surface area contributed by atoms with Crippen molar-refractivity contribution in [2.24, 2.45) is 11.5 Å². The predicted octanol–water partition coefficient (Wildman–Crippen LogP) is 5.58. The fourth-order valence-corrected chi connectivity index (χ4v) is 4.92. The minimum absolute atomic E-state index is 0.248. The van der Waals surface area contributed by atoms with E-state index in [-0.39, 0.29) is 11.8 Å². The van der Waals surface area contributed by atoms with Gasteiger partial charge in [-0.15, -0.1) is 0 Å². The highest BCUT2D eigenvalue weighted by atomic mass is 16.2. The third kappa shape index (κ3) is 6.39. The van der Waals surface area contributed by atoms with Gasteiger partial charge in [-0.1, -0.05) is 95.0 Å². The molecule has 0 saturated carbocycles. The van der Waals surface area contributed by atoms with E-state index < -0.39 is 5.66 Å². The van der Waals surface area contributed by atoms with E-state index in [2.05, 4.69) is 18.3 Å². The van der Waals surface area contributed by atoms with Gasteiger partial charge in [-0.3, -0.25) is 14.9 Å². The van der Waals surface area contributed by atoms with E-state index >= 15 is 0 Å². The highest BCUT2D eigenvalue weighted by molar-refractivity contribution is 6.27. The molecule has 5 N–H and O–H groups in total. The van der Waals surface area contributed by atoms with Crippen molar-refractivity contribution >= 4 is 22.6 Å². The smallest absolute Gasteiger partial charge is 0.259 e. The molecular weight excluding hydrogens is 398 g/mol. The molecule has 0 saturated heterocycles. The molecule has 1 aliphatic rings. The minimum Gasteiger partial charge on any atom is -0.313 e. The number of hydrogen-bond acceptors (Lipinski definition) is 4. The van der Waals surface area contributed by atoms with Crippen molar-refractivity contribution in [1.29, 1.82) is 0 Å². The van der Waals surface area contributed by atoms with Gasteiger partial charge >= 0.3 is 0 Å². The van der Waals surface area contributed by atoms with Crippen molar-refractivity contribution in [3.63, 3.8) is 0 Å². The second kappa shape index (κ2) is 11.6. The summed E-state index contributed by atoms with van der Waals surface area (Å²) in [5.41, 5.74) is 13.8. The van der Waals surface area contributed by atoms with Crippen LogP contribution in [0.1, 0.15) is 110 Å². The first kappa shape index (κ1) is 24.4. The van der Waals surface area contributed by atoms with E-state index in [9.17, 15) is 9.59 Å². The topological polar surface area (TPSA) is 98.2 Å². The molecule has 32 heavy (non-hydrogen) atoms. The lowest BCUT2D eigenvalue weighted by Gasteiger charge is -2.23. The lowest BCUT2D eigenvalue weighted by molar-refractivity contribution is 0.0880. The van der Waals surface area contributed by atoms with Crippen LogP contribution in [0.2, 0.25) is 0 Å². The van der Waals surface area contributed by atoms with E-state index in [1.165, 1.54) is 38.5 Å². The molecule has 5 nitrogen and oxygen atoms in total. The zero-order chi connectivity index (χ0) is 23.0. The Morgan fingerprint density at radius 1 is 0.781 bits per heavy atom. The molecule has 2 amide bonds. The highest BCUT2D eigenvalue weighted by Crippen LogP contribution is 2.30. The molecule has 0 bridgehead atoms. The second-order valence-electron chi connectivity index (χ2n) is 9.46. The fourth-order valence-electron chi connectivity index (χ4n) is 4.92. The van der Waals surface area contributed by atoms with Gasteiger partial charge in [0.15, 0.2) is 0 Å².